The molecular weight excluding hydrogens is 661 g/mol. The second-order valence-corrected chi connectivity index (χ2v) is 17.8. The molecule has 51 heavy (non-hydrogen) atoms. The first kappa shape index (κ1) is 34.9. The molecule has 6 bridgehead atoms. The zero-order valence-corrected chi connectivity index (χ0v) is 31.4. The second kappa shape index (κ2) is 12.9. The van der Waals surface area contributed by atoms with E-state index in [4.69, 9.17) is 9.72 Å². The molecule has 268 valence electrons. The number of aryl methyl sites for hydroxylation is 2. The first-order valence-electron chi connectivity index (χ1n) is 17.8. The zero-order valence-electron chi connectivity index (χ0n) is 30.6. The predicted molar refractivity (Wildman–Crippen MR) is 199 cm³/mol. The van der Waals surface area contributed by atoms with Crippen LogP contribution >= 0.6 is 0 Å². The van der Waals surface area contributed by atoms with E-state index < -0.39 is 16.1 Å². The Balaban J connectivity index is 1.31. The molecule has 2 atom stereocenters. The van der Waals surface area contributed by atoms with E-state index in [-0.39, 0.29) is 52.3 Å². The first-order chi connectivity index (χ1) is 24.1. The fraction of sp³-hybridized carbons (Fsp3) is 0.450. The summed E-state index contributed by atoms with van der Waals surface area (Å²) in [7, 11) is -2.03. The number of sulfonamides is 1. The van der Waals surface area contributed by atoms with Crippen LogP contribution in [0.2, 0.25) is 0 Å². The normalized spacial score (nSPS) is 23.9. The van der Waals surface area contributed by atoms with Crippen LogP contribution in [0.15, 0.2) is 71.6 Å². The van der Waals surface area contributed by atoms with Crippen molar-refractivity contribution in [2.24, 2.45) is 17.3 Å². The standard InChI is InChI=1S/C40H48N6O4S/c1-25-11-8-12-26(2)36(25)33-18-35-43-38(42-33)44-51(48,49)32-15-9-13-28(17-32)37(47)46(31(24-50-35)22-39(4,5)6)23-30-14-10-16-34(41-30)45(7)40-19-27(3)29(20-40)21-40/h8-18,27,29,31H,19-24H2,1-7H3,(H,42,43,44)/t27?,29?,31-,40?/m1/s1. The fourth-order valence-corrected chi connectivity index (χ4v) is 9.36. The Labute approximate surface area is 301 Å². The topological polar surface area (TPSA) is 118 Å². The Bertz CT molecular complexity index is 2070. The summed E-state index contributed by atoms with van der Waals surface area (Å²) in [6.07, 6.45) is 4.16. The van der Waals surface area contributed by atoms with Crippen molar-refractivity contribution in [2.45, 2.75) is 90.2 Å². The van der Waals surface area contributed by atoms with Gasteiger partial charge in [-0.3, -0.25) is 4.79 Å². The summed E-state index contributed by atoms with van der Waals surface area (Å²) in [5.41, 5.74) is 4.36. The average molecular weight is 709 g/mol. The monoisotopic (exact) mass is 708 g/mol. The summed E-state index contributed by atoms with van der Waals surface area (Å²) in [6.45, 7) is 13.1. The van der Waals surface area contributed by atoms with Crippen LogP contribution in [0.5, 0.6) is 5.88 Å². The molecule has 2 aromatic heterocycles. The molecule has 3 fully saturated rings. The number of rotatable bonds is 6. The summed E-state index contributed by atoms with van der Waals surface area (Å²) in [5, 5.41) is 0. The molecule has 11 heteroatoms. The molecule has 0 spiro atoms. The number of nitrogens with zero attached hydrogens (tertiary/aromatic N) is 5. The van der Waals surface area contributed by atoms with Crippen molar-refractivity contribution in [1.82, 2.24) is 19.9 Å². The number of amides is 1. The van der Waals surface area contributed by atoms with Gasteiger partial charge in [0.2, 0.25) is 11.8 Å². The number of nitrogens with one attached hydrogen (secondary N) is 1. The van der Waals surface area contributed by atoms with Gasteiger partial charge in [0.1, 0.15) is 12.4 Å². The molecule has 3 heterocycles. The molecule has 1 aliphatic heterocycles. The third-order valence-corrected chi connectivity index (χ3v) is 12.3. The third-order valence-electron chi connectivity index (χ3n) is 11.0. The molecule has 1 amide bonds. The molecule has 4 aliphatic rings. The number of pyridine rings is 1. The maximum Gasteiger partial charge on any atom is 0.264 e. The van der Waals surface area contributed by atoms with Crippen molar-refractivity contribution in [1.29, 1.82) is 0 Å². The van der Waals surface area contributed by atoms with E-state index >= 15 is 0 Å². The Morgan fingerprint density at radius 2 is 1.67 bits per heavy atom. The van der Waals surface area contributed by atoms with Gasteiger partial charge in [0.25, 0.3) is 15.9 Å². The Kier molecular flexibility index (Phi) is 8.84. The highest BCUT2D eigenvalue weighted by atomic mass is 32.2. The number of aromatic nitrogens is 3. The van der Waals surface area contributed by atoms with E-state index in [9.17, 15) is 13.2 Å². The summed E-state index contributed by atoms with van der Waals surface area (Å²) in [5.74, 6) is 2.20. The maximum atomic E-state index is 14.6. The van der Waals surface area contributed by atoms with Gasteiger partial charge in [-0.25, -0.2) is 23.1 Å². The Morgan fingerprint density at radius 3 is 2.35 bits per heavy atom. The number of fused-ring (bicyclic) bond motifs is 5. The van der Waals surface area contributed by atoms with Crippen LogP contribution in [0, 0.1) is 31.1 Å². The van der Waals surface area contributed by atoms with Gasteiger partial charge in [0.15, 0.2) is 0 Å². The van der Waals surface area contributed by atoms with Crippen LogP contribution < -0.4 is 14.4 Å². The SMILES string of the molecule is Cc1cccc(C)c1-c1cc2nc(n1)NS(=O)(=O)c1cccc(c1)C(=O)N(Cc1cccc(N(C)C34CC(C)C(C3)C4)n1)[C@H](CC(C)(C)C)CO2. The molecule has 2 aromatic carbocycles. The van der Waals surface area contributed by atoms with Crippen LogP contribution in [0.25, 0.3) is 11.3 Å². The highest BCUT2D eigenvalue weighted by Crippen LogP contribution is 2.58. The molecule has 3 saturated carbocycles. The van der Waals surface area contributed by atoms with Gasteiger partial charge < -0.3 is 14.5 Å². The van der Waals surface area contributed by atoms with Gasteiger partial charge in [-0.05, 0) is 98.2 Å². The number of hydrogen-bond donors (Lipinski definition) is 1. The van der Waals surface area contributed by atoms with E-state index in [0.29, 0.717) is 12.1 Å². The molecular formula is C40H48N6O4S. The molecule has 3 aliphatic carbocycles. The van der Waals surface area contributed by atoms with Crippen molar-refractivity contribution in [3.8, 4) is 17.1 Å². The molecule has 1 N–H and O–H groups in total. The molecule has 1 unspecified atom stereocenters. The number of benzene rings is 2. The smallest absolute Gasteiger partial charge is 0.264 e. The van der Waals surface area contributed by atoms with Gasteiger partial charge in [0, 0.05) is 29.8 Å². The third kappa shape index (κ3) is 6.92. The minimum absolute atomic E-state index is 0.0611. The van der Waals surface area contributed by atoms with Crippen molar-refractivity contribution < 1.29 is 17.9 Å². The van der Waals surface area contributed by atoms with E-state index in [2.05, 4.69) is 54.3 Å². The quantitative estimate of drug-likeness (QED) is 0.220. The maximum absolute atomic E-state index is 14.6. The van der Waals surface area contributed by atoms with Crippen LogP contribution in [0.4, 0.5) is 11.8 Å². The average Bonchev–Trinajstić information content (AvgIpc) is 3.57. The number of carbonyl (C=O) groups excluding carboxylic acids is 1. The number of anilines is 2. The highest BCUT2D eigenvalue weighted by molar-refractivity contribution is 7.92. The van der Waals surface area contributed by atoms with Crippen LogP contribution in [0.3, 0.4) is 0 Å². The van der Waals surface area contributed by atoms with Crippen LogP contribution in [0.1, 0.15) is 80.6 Å². The van der Waals surface area contributed by atoms with Gasteiger partial charge in [0.05, 0.1) is 28.9 Å². The van der Waals surface area contributed by atoms with Gasteiger partial charge in [-0.1, -0.05) is 58.0 Å². The summed E-state index contributed by atoms with van der Waals surface area (Å²) in [4.78, 5) is 33.0. The number of carbonyl (C=O) groups is 1. The minimum Gasteiger partial charge on any atom is -0.475 e. The lowest BCUT2D eigenvalue weighted by Crippen LogP contribution is -2.50. The van der Waals surface area contributed by atoms with E-state index in [1.165, 1.54) is 31.4 Å². The van der Waals surface area contributed by atoms with E-state index in [0.717, 1.165) is 40.0 Å². The zero-order chi connectivity index (χ0) is 36.3. The fourth-order valence-electron chi connectivity index (χ4n) is 8.37. The second-order valence-electron chi connectivity index (χ2n) is 16.1. The van der Waals surface area contributed by atoms with Crippen molar-refractivity contribution in [3.63, 3.8) is 0 Å². The Hall–Kier alpha value is -4.51. The summed E-state index contributed by atoms with van der Waals surface area (Å²) in [6, 6.07) is 19.4. The number of hydrogen-bond acceptors (Lipinski definition) is 8. The van der Waals surface area contributed by atoms with Gasteiger partial charge in [-0.15, -0.1) is 0 Å². The highest BCUT2D eigenvalue weighted by Gasteiger charge is 2.56. The lowest BCUT2D eigenvalue weighted by Gasteiger charge is -2.46. The predicted octanol–water partition coefficient (Wildman–Crippen LogP) is 7.42. The van der Waals surface area contributed by atoms with E-state index in [1.807, 2.05) is 50.2 Å². The van der Waals surface area contributed by atoms with Gasteiger partial charge >= 0.3 is 0 Å². The lowest BCUT2D eigenvalue weighted by molar-refractivity contribution is 0.0509. The molecule has 4 aromatic rings. The largest absolute Gasteiger partial charge is 0.475 e. The van der Waals surface area contributed by atoms with Crippen LogP contribution in [-0.4, -0.2) is 59.4 Å². The summed E-state index contributed by atoms with van der Waals surface area (Å²) < 4.78 is 36.6. The van der Waals surface area contributed by atoms with Crippen molar-refractivity contribution in [2.75, 3.05) is 23.3 Å². The Morgan fingerprint density at radius 1 is 0.961 bits per heavy atom. The molecule has 0 radical (unpaired) electrons. The molecule has 8 rings (SSSR count). The van der Waals surface area contributed by atoms with Crippen molar-refractivity contribution >= 4 is 27.7 Å². The summed E-state index contributed by atoms with van der Waals surface area (Å²) >= 11 is 0. The van der Waals surface area contributed by atoms with Gasteiger partial charge in [-0.2, -0.15) is 4.98 Å². The molecule has 0 saturated heterocycles. The first-order valence-corrected chi connectivity index (χ1v) is 19.3. The minimum atomic E-state index is -4.17. The van der Waals surface area contributed by atoms with Crippen LogP contribution in [-0.2, 0) is 16.6 Å². The van der Waals surface area contributed by atoms with Crippen molar-refractivity contribution in [3.05, 3.63) is 89.1 Å². The van der Waals surface area contributed by atoms with E-state index in [1.54, 1.807) is 23.1 Å². The molecule has 10 nitrogen and oxygen atoms in total. The lowest BCUT2D eigenvalue weighted by atomic mass is 9.75. The number of ether oxygens (including phenoxy) is 1.